The molecular formula is C24H24ClNO. The van der Waals surface area contributed by atoms with Gasteiger partial charge in [-0.3, -0.25) is 9.69 Å². The summed E-state index contributed by atoms with van der Waals surface area (Å²) in [5, 5.41) is 0. The molecule has 0 aliphatic rings. The molecule has 2 nitrogen and oxygen atoms in total. The quantitative estimate of drug-likeness (QED) is 0.393. The van der Waals surface area contributed by atoms with Gasteiger partial charge in [0.2, 0.25) is 0 Å². The van der Waals surface area contributed by atoms with E-state index in [-0.39, 0.29) is 18.2 Å². The average molecular weight is 378 g/mol. The maximum Gasteiger partial charge on any atom is 0.193 e. The number of hydrogen-bond acceptors (Lipinski definition) is 2. The third-order valence-corrected chi connectivity index (χ3v) is 4.36. The number of carbonyl (C=O) groups excluding carboxylic acids is 1. The lowest BCUT2D eigenvalue weighted by Crippen LogP contribution is -2.17. The Balaban J connectivity index is 0.00000261. The number of rotatable bonds is 7. The van der Waals surface area contributed by atoms with Crippen LogP contribution in [0.2, 0.25) is 0 Å². The van der Waals surface area contributed by atoms with E-state index in [2.05, 4.69) is 42.8 Å². The van der Waals surface area contributed by atoms with Crippen molar-refractivity contribution in [2.24, 2.45) is 0 Å². The van der Waals surface area contributed by atoms with Crippen molar-refractivity contribution < 1.29 is 4.79 Å². The minimum atomic E-state index is 0. The molecule has 3 rings (SSSR count). The fraction of sp³-hybridized carbons (Fsp3) is 0.125. The topological polar surface area (TPSA) is 20.3 Å². The van der Waals surface area contributed by atoms with Crippen LogP contribution < -0.4 is 0 Å². The zero-order valence-corrected chi connectivity index (χ0v) is 16.3. The van der Waals surface area contributed by atoms with Crippen molar-refractivity contribution in [2.45, 2.75) is 6.54 Å². The molecule has 0 amide bonds. The second-order valence-corrected chi connectivity index (χ2v) is 6.45. The van der Waals surface area contributed by atoms with Gasteiger partial charge in [0.1, 0.15) is 0 Å². The van der Waals surface area contributed by atoms with E-state index in [0.717, 1.165) is 24.2 Å². The molecule has 0 atom stereocenters. The van der Waals surface area contributed by atoms with Crippen LogP contribution in [0.1, 0.15) is 21.5 Å². The predicted octanol–water partition coefficient (Wildman–Crippen LogP) is 5.62. The minimum Gasteiger partial charge on any atom is -0.298 e. The maximum absolute atomic E-state index is 12.5. The van der Waals surface area contributed by atoms with Crippen molar-refractivity contribution in [1.29, 1.82) is 0 Å². The first-order valence-electron chi connectivity index (χ1n) is 8.76. The Morgan fingerprint density at radius 3 is 1.93 bits per heavy atom. The summed E-state index contributed by atoms with van der Waals surface area (Å²) in [5.74, 6) is 0.0535. The fourth-order valence-corrected chi connectivity index (χ4v) is 2.97. The number of carbonyl (C=O) groups is 1. The molecular weight excluding hydrogens is 354 g/mol. The average Bonchev–Trinajstić information content (AvgIpc) is 2.69. The summed E-state index contributed by atoms with van der Waals surface area (Å²) in [5.41, 5.74) is 4.96. The number of nitrogens with zero attached hydrogens (tertiary/aromatic N) is 1. The van der Waals surface area contributed by atoms with E-state index in [9.17, 15) is 4.79 Å². The van der Waals surface area contributed by atoms with E-state index < -0.39 is 0 Å². The van der Waals surface area contributed by atoms with Crippen molar-refractivity contribution in [2.75, 3.05) is 13.6 Å². The molecule has 0 N–H and O–H groups in total. The second kappa shape index (κ2) is 9.86. The molecule has 0 bridgehead atoms. The second-order valence-electron chi connectivity index (χ2n) is 6.45. The van der Waals surface area contributed by atoms with Gasteiger partial charge in [0.05, 0.1) is 0 Å². The van der Waals surface area contributed by atoms with E-state index in [1.165, 1.54) is 5.56 Å². The van der Waals surface area contributed by atoms with E-state index in [4.69, 9.17) is 0 Å². The van der Waals surface area contributed by atoms with Gasteiger partial charge in [0.15, 0.2) is 5.78 Å². The highest BCUT2D eigenvalue weighted by molar-refractivity contribution is 6.09. The van der Waals surface area contributed by atoms with E-state index in [1.54, 1.807) is 0 Å². The van der Waals surface area contributed by atoms with Crippen LogP contribution in [0.25, 0.3) is 11.1 Å². The van der Waals surface area contributed by atoms with Crippen molar-refractivity contribution in [3.05, 3.63) is 108 Å². The normalized spacial score (nSPS) is 10.3. The molecule has 0 aliphatic carbocycles. The van der Waals surface area contributed by atoms with Crippen molar-refractivity contribution in [1.82, 2.24) is 4.90 Å². The number of benzene rings is 3. The molecule has 0 unspecified atom stereocenters. The van der Waals surface area contributed by atoms with Gasteiger partial charge in [0.25, 0.3) is 0 Å². The molecule has 0 aliphatic heterocycles. The molecule has 3 heteroatoms. The summed E-state index contributed by atoms with van der Waals surface area (Å²) in [4.78, 5) is 14.7. The smallest absolute Gasteiger partial charge is 0.193 e. The Morgan fingerprint density at radius 2 is 1.37 bits per heavy atom. The van der Waals surface area contributed by atoms with Crippen LogP contribution in [0.3, 0.4) is 0 Å². The first-order valence-corrected chi connectivity index (χ1v) is 8.76. The summed E-state index contributed by atoms with van der Waals surface area (Å²) in [6.07, 6.45) is 1.91. The minimum absolute atomic E-state index is 0. The van der Waals surface area contributed by atoms with E-state index in [0.29, 0.717) is 11.1 Å². The van der Waals surface area contributed by atoms with Crippen LogP contribution in [0.4, 0.5) is 0 Å². The standard InChI is InChI=1S/C24H23NO.ClH/c1-3-17-25(2)18-19-9-11-20(12-10-19)21-13-15-23(16-14-21)24(26)22-7-5-4-6-8-22;/h3-16H,1,17-18H2,2H3;1H. The summed E-state index contributed by atoms with van der Waals surface area (Å²) in [7, 11) is 2.08. The lowest BCUT2D eigenvalue weighted by Gasteiger charge is -2.14. The van der Waals surface area contributed by atoms with Crippen LogP contribution in [-0.4, -0.2) is 24.3 Å². The van der Waals surface area contributed by atoms with Crippen LogP contribution in [0, 0.1) is 0 Å². The molecule has 0 saturated carbocycles. The summed E-state index contributed by atoms with van der Waals surface area (Å²) in [6, 6.07) is 25.8. The molecule has 0 fully saturated rings. The predicted molar refractivity (Wildman–Crippen MR) is 116 cm³/mol. The van der Waals surface area contributed by atoms with E-state index in [1.807, 2.05) is 60.7 Å². The molecule has 3 aromatic carbocycles. The molecule has 0 aromatic heterocycles. The molecule has 0 saturated heterocycles. The number of ketones is 1. The lowest BCUT2D eigenvalue weighted by molar-refractivity contribution is 0.103. The molecule has 27 heavy (non-hydrogen) atoms. The first kappa shape index (κ1) is 20.6. The van der Waals surface area contributed by atoms with Gasteiger partial charge in [-0.05, 0) is 23.7 Å². The Morgan fingerprint density at radius 1 is 0.852 bits per heavy atom. The summed E-state index contributed by atoms with van der Waals surface area (Å²) >= 11 is 0. The molecule has 0 radical (unpaired) electrons. The van der Waals surface area contributed by atoms with Crippen molar-refractivity contribution in [3.8, 4) is 11.1 Å². The van der Waals surface area contributed by atoms with Gasteiger partial charge in [-0.15, -0.1) is 19.0 Å². The largest absolute Gasteiger partial charge is 0.298 e. The van der Waals surface area contributed by atoms with Gasteiger partial charge < -0.3 is 0 Å². The maximum atomic E-state index is 12.5. The Hall–Kier alpha value is -2.68. The molecule has 138 valence electrons. The molecule has 0 spiro atoms. The first-order chi connectivity index (χ1) is 12.7. The highest BCUT2D eigenvalue weighted by Gasteiger charge is 2.08. The van der Waals surface area contributed by atoms with Gasteiger partial charge in [-0.25, -0.2) is 0 Å². The molecule has 3 aromatic rings. The third-order valence-electron chi connectivity index (χ3n) is 4.36. The van der Waals surface area contributed by atoms with Crippen molar-refractivity contribution in [3.63, 3.8) is 0 Å². The monoisotopic (exact) mass is 377 g/mol. The summed E-state index contributed by atoms with van der Waals surface area (Å²) in [6.45, 7) is 5.54. The highest BCUT2D eigenvalue weighted by Crippen LogP contribution is 2.22. The highest BCUT2D eigenvalue weighted by atomic mass is 35.5. The summed E-state index contributed by atoms with van der Waals surface area (Å²) < 4.78 is 0. The molecule has 0 heterocycles. The zero-order chi connectivity index (χ0) is 18.4. The van der Waals surface area contributed by atoms with Crippen LogP contribution >= 0.6 is 12.4 Å². The third kappa shape index (κ3) is 5.40. The SMILES string of the molecule is C=CCN(C)Cc1ccc(-c2ccc(C(=O)c3ccccc3)cc2)cc1.Cl. The van der Waals surface area contributed by atoms with Crippen molar-refractivity contribution >= 4 is 18.2 Å². The van der Waals surface area contributed by atoms with Crippen LogP contribution in [0.5, 0.6) is 0 Å². The number of likely N-dealkylation sites (N-methyl/N-ethyl adjacent to an activating group) is 1. The van der Waals surface area contributed by atoms with Crippen LogP contribution in [0.15, 0.2) is 91.5 Å². The van der Waals surface area contributed by atoms with Crippen LogP contribution in [-0.2, 0) is 6.54 Å². The lowest BCUT2D eigenvalue weighted by atomic mass is 9.99. The Kier molecular flexibility index (Phi) is 7.54. The van der Waals surface area contributed by atoms with Gasteiger partial charge in [-0.2, -0.15) is 0 Å². The number of hydrogen-bond donors (Lipinski definition) is 0. The van der Waals surface area contributed by atoms with Gasteiger partial charge >= 0.3 is 0 Å². The Labute approximate surface area is 167 Å². The zero-order valence-electron chi connectivity index (χ0n) is 15.5. The number of halogens is 1. The fourth-order valence-electron chi connectivity index (χ4n) is 2.97. The van der Waals surface area contributed by atoms with Gasteiger partial charge in [0, 0.05) is 24.2 Å². The Bertz CT molecular complexity index is 871. The van der Waals surface area contributed by atoms with E-state index >= 15 is 0 Å². The van der Waals surface area contributed by atoms with Gasteiger partial charge in [-0.1, -0.05) is 84.9 Å².